The minimum atomic E-state index is -0.735. The van der Waals surface area contributed by atoms with Crippen LogP contribution in [0, 0.1) is 5.82 Å². The van der Waals surface area contributed by atoms with E-state index in [0.29, 0.717) is 5.56 Å². The molecule has 5 heteroatoms. The van der Waals surface area contributed by atoms with Gasteiger partial charge in [-0.1, -0.05) is 30.3 Å². The third-order valence-corrected chi connectivity index (χ3v) is 3.92. The van der Waals surface area contributed by atoms with Crippen molar-refractivity contribution in [2.24, 2.45) is 0 Å². The molecule has 24 heavy (non-hydrogen) atoms. The lowest BCUT2D eigenvalue weighted by atomic mass is 9.87. The summed E-state index contributed by atoms with van der Waals surface area (Å²) in [6.07, 6.45) is 0.0309. The third-order valence-electron chi connectivity index (χ3n) is 3.92. The maximum atomic E-state index is 13.5. The van der Waals surface area contributed by atoms with Crippen molar-refractivity contribution in [1.29, 1.82) is 0 Å². The van der Waals surface area contributed by atoms with Crippen LogP contribution in [0.2, 0.25) is 0 Å². The van der Waals surface area contributed by atoms with E-state index in [1.807, 2.05) is 6.07 Å². The van der Waals surface area contributed by atoms with Gasteiger partial charge in [0.05, 0.1) is 10.9 Å². The number of hydrogen-bond acceptors (Lipinski definition) is 4. The topological polar surface area (TPSA) is 67.5 Å². The van der Waals surface area contributed by atoms with Crippen LogP contribution in [0.5, 0.6) is 5.75 Å². The van der Waals surface area contributed by atoms with Crippen molar-refractivity contribution in [1.82, 2.24) is 0 Å². The molecule has 2 aromatic carbocycles. The Hall–Kier alpha value is -2.95. The maximum absolute atomic E-state index is 13.5. The monoisotopic (exact) mass is 326 g/mol. The van der Waals surface area contributed by atoms with Crippen molar-refractivity contribution >= 4 is 16.8 Å². The van der Waals surface area contributed by atoms with Crippen molar-refractivity contribution in [2.45, 2.75) is 19.3 Å². The zero-order chi connectivity index (χ0) is 17.3. The molecule has 0 amide bonds. The molecule has 1 atom stereocenters. The van der Waals surface area contributed by atoms with E-state index in [-0.39, 0.29) is 34.5 Å². The zero-order valence-electron chi connectivity index (χ0n) is 13.0. The Balaban J connectivity index is 2.28. The SMILES string of the molecule is CC(=O)CC(c1ccccc1)c1c(O)c2cc(F)ccc2oc1=O. The molecule has 0 spiro atoms. The fraction of sp³-hybridized carbons (Fsp3) is 0.158. The van der Waals surface area contributed by atoms with Crippen molar-refractivity contribution in [2.75, 3.05) is 0 Å². The normalized spacial score (nSPS) is 12.2. The Bertz CT molecular complexity index is 960. The van der Waals surface area contributed by atoms with Crippen molar-refractivity contribution in [3.8, 4) is 5.75 Å². The molecule has 3 aromatic rings. The standard InChI is InChI=1S/C19H15FO4/c1-11(21)9-14(12-5-3-2-4-6-12)17-18(22)15-10-13(20)7-8-16(15)24-19(17)23/h2-8,10,14,22H,9H2,1H3. The van der Waals surface area contributed by atoms with Crippen LogP contribution in [0.4, 0.5) is 4.39 Å². The van der Waals surface area contributed by atoms with E-state index in [1.54, 1.807) is 24.3 Å². The first-order valence-electron chi connectivity index (χ1n) is 7.47. The summed E-state index contributed by atoms with van der Waals surface area (Å²) in [4.78, 5) is 24.1. The molecule has 1 N–H and O–H groups in total. The van der Waals surface area contributed by atoms with Gasteiger partial charge in [-0.05, 0) is 30.7 Å². The highest BCUT2D eigenvalue weighted by atomic mass is 19.1. The van der Waals surface area contributed by atoms with Crippen LogP contribution < -0.4 is 5.63 Å². The van der Waals surface area contributed by atoms with Crippen LogP contribution in [0.15, 0.2) is 57.7 Å². The number of fused-ring (bicyclic) bond motifs is 1. The van der Waals surface area contributed by atoms with Crippen LogP contribution in [0.25, 0.3) is 11.0 Å². The molecule has 4 nitrogen and oxygen atoms in total. The summed E-state index contributed by atoms with van der Waals surface area (Å²) in [5.41, 5.74) is 0.0274. The first kappa shape index (κ1) is 15.9. The van der Waals surface area contributed by atoms with Crippen molar-refractivity contribution in [3.05, 3.63) is 75.9 Å². The molecule has 1 unspecified atom stereocenters. The molecular weight excluding hydrogens is 311 g/mol. The minimum Gasteiger partial charge on any atom is -0.507 e. The minimum absolute atomic E-state index is 0.0309. The number of aromatic hydroxyl groups is 1. The number of rotatable bonds is 4. The largest absolute Gasteiger partial charge is 0.507 e. The Morgan fingerprint density at radius 2 is 1.92 bits per heavy atom. The highest BCUT2D eigenvalue weighted by molar-refractivity contribution is 5.85. The van der Waals surface area contributed by atoms with Gasteiger partial charge < -0.3 is 9.52 Å². The van der Waals surface area contributed by atoms with Gasteiger partial charge in [-0.2, -0.15) is 0 Å². The molecule has 1 heterocycles. The predicted molar refractivity (Wildman–Crippen MR) is 87.7 cm³/mol. The predicted octanol–water partition coefficient (Wildman–Crippen LogP) is 3.75. The summed E-state index contributed by atoms with van der Waals surface area (Å²) in [7, 11) is 0. The molecule has 1 aromatic heterocycles. The lowest BCUT2D eigenvalue weighted by Gasteiger charge is -2.17. The van der Waals surface area contributed by atoms with E-state index < -0.39 is 17.4 Å². The molecule has 0 aliphatic carbocycles. The molecule has 3 rings (SSSR count). The van der Waals surface area contributed by atoms with E-state index in [9.17, 15) is 19.1 Å². The van der Waals surface area contributed by atoms with Crippen LogP contribution >= 0.6 is 0 Å². The van der Waals surface area contributed by atoms with Gasteiger partial charge in [-0.3, -0.25) is 4.79 Å². The molecule has 0 bridgehead atoms. The van der Waals surface area contributed by atoms with E-state index in [2.05, 4.69) is 0 Å². The summed E-state index contributed by atoms with van der Waals surface area (Å²) in [6, 6.07) is 12.4. The Kier molecular flexibility index (Phi) is 4.16. The summed E-state index contributed by atoms with van der Waals surface area (Å²) in [6.45, 7) is 1.41. The summed E-state index contributed by atoms with van der Waals surface area (Å²) in [5, 5.41) is 10.7. The van der Waals surface area contributed by atoms with Gasteiger partial charge in [0.25, 0.3) is 0 Å². The second kappa shape index (κ2) is 6.28. The number of hydrogen-bond donors (Lipinski definition) is 1. The van der Waals surface area contributed by atoms with E-state index in [0.717, 1.165) is 12.1 Å². The average molecular weight is 326 g/mol. The second-order valence-electron chi connectivity index (χ2n) is 5.66. The zero-order valence-corrected chi connectivity index (χ0v) is 13.0. The van der Waals surface area contributed by atoms with Crippen LogP contribution in [0.3, 0.4) is 0 Å². The van der Waals surface area contributed by atoms with Gasteiger partial charge in [0.1, 0.15) is 22.9 Å². The summed E-state index contributed by atoms with van der Waals surface area (Å²) >= 11 is 0. The number of ketones is 1. The quantitative estimate of drug-likeness (QED) is 0.742. The molecule has 0 fully saturated rings. The molecule has 122 valence electrons. The van der Waals surface area contributed by atoms with Gasteiger partial charge in [0, 0.05) is 12.3 Å². The van der Waals surface area contributed by atoms with Crippen LogP contribution in [0.1, 0.15) is 30.4 Å². The van der Waals surface area contributed by atoms with Gasteiger partial charge in [0.15, 0.2) is 0 Å². The lowest BCUT2D eigenvalue weighted by molar-refractivity contribution is -0.117. The van der Waals surface area contributed by atoms with E-state index >= 15 is 0 Å². The molecule has 0 radical (unpaired) electrons. The summed E-state index contributed by atoms with van der Waals surface area (Å²) < 4.78 is 18.7. The number of carbonyl (C=O) groups is 1. The Morgan fingerprint density at radius 3 is 2.58 bits per heavy atom. The molecular formula is C19H15FO4. The smallest absolute Gasteiger partial charge is 0.343 e. The highest BCUT2D eigenvalue weighted by Gasteiger charge is 2.26. The average Bonchev–Trinajstić information content (AvgIpc) is 2.55. The van der Waals surface area contributed by atoms with Crippen LogP contribution in [-0.2, 0) is 4.79 Å². The Morgan fingerprint density at radius 1 is 1.21 bits per heavy atom. The first-order valence-corrected chi connectivity index (χ1v) is 7.47. The van der Waals surface area contributed by atoms with Gasteiger partial charge >= 0.3 is 5.63 Å². The van der Waals surface area contributed by atoms with Crippen molar-refractivity contribution in [3.63, 3.8) is 0 Å². The fourth-order valence-corrected chi connectivity index (χ4v) is 2.84. The molecule has 0 saturated heterocycles. The van der Waals surface area contributed by atoms with Crippen molar-refractivity contribution < 1.29 is 18.7 Å². The number of benzene rings is 2. The lowest BCUT2D eigenvalue weighted by Crippen LogP contribution is -2.16. The highest BCUT2D eigenvalue weighted by Crippen LogP contribution is 2.36. The number of carbonyl (C=O) groups excluding carboxylic acids is 1. The second-order valence-corrected chi connectivity index (χ2v) is 5.66. The van der Waals surface area contributed by atoms with E-state index in [1.165, 1.54) is 13.0 Å². The van der Waals surface area contributed by atoms with Crippen LogP contribution in [-0.4, -0.2) is 10.9 Å². The van der Waals surface area contributed by atoms with Gasteiger partial charge in [-0.25, -0.2) is 9.18 Å². The van der Waals surface area contributed by atoms with Gasteiger partial charge in [-0.15, -0.1) is 0 Å². The number of Topliss-reactive ketones (excluding diaryl/α,β-unsaturated/α-hetero) is 1. The molecule has 0 saturated carbocycles. The Labute approximate surface area is 137 Å². The number of halogens is 1. The van der Waals surface area contributed by atoms with E-state index in [4.69, 9.17) is 4.42 Å². The third kappa shape index (κ3) is 2.93. The van der Waals surface area contributed by atoms with Gasteiger partial charge in [0.2, 0.25) is 0 Å². The first-order chi connectivity index (χ1) is 11.5. The fourth-order valence-electron chi connectivity index (χ4n) is 2.84. The molecule has 0 aliphatic rings. The summed E-state index contributed by atoms with van der Waals surface area (Å²) in [5.74, 6) is -1.70. The molecule has 0 aliphatic heterocycles. The maximum Gasteiger partial charge on any atom is 0.343 e.